The lowest BCUT2D eigenvalue weighted by Crippen LogP contribution is -2.29. The highest BCUT2D eigenvalue weighted by Gasteiger charge is 2.20. The zero-order valence-corrected chi connectivity index (χ0v) is 11.8. The third kappa shape index (κ3) is 4.00. The summed E-state index contributed by atoms with van der Waals surface area (Å²) >= 11 is 5.86. The molecule has 104 valence electrons. The van der Waals surface area contributed by atoms with Crippen molar-refractivity contribution in [1.29, 1.82) is 0 Å². The van der Waals surface area contributed by atoms with Crippen LogP contribution in [0.5, 0.6) is 5.75 Å². The van der Waals surface area contributed by atoms with E-state index >= 15 is 0 Å². The molecule has 4 heteroatoms. The van der Waals surface area contributed by atoms with E-state index in [1.807, 2.05) is 31.2 Å². The molecule has 0 aliphatic carbocycles. The first-order chi connectivity index (χ1) is 9.54. The van der Waals surface area contributed by atoms with Gasteiger partial charge in [0.05, 0.1) is 0 Å². The van der Waals surface area contributed by atoms with Crippen molar-refractivity contribution in [1.82, 2.24) is 0 Å². The Hall–Kier alpha value is -2.00. The fourth-order valence-corrected chi connectivity index (χ4v) is 2.12. The molecule has 0 amide bonds. The number of carboxylic acid groups (broad SMARTS) is 1. The highest BCUT2D eigenvalue weighted by molar-refractivity contribution is 6.30. The molecular formula is C16H15ClO3. The Kier molecular flexibility index (Phi) is 4.64. The van der Waals surface area contributed by atoms with Gasteiger partial charge in [0.2, 0.25) is 0 Å². The summed E-state index contributed by atoms with van der Waals surface area (Å²) in [7, 11) is 0. The second-order valence-electron chi connectivity index (χ2n) is 4.60. The van der Waals surface area contributed by atoms with E-state index in [0.29, 0.717) is 17.2 Å². The molecule has 0 aliphatic heterocycles. The van der Waals surface area contributed by atoms with Gasteiger partial charge < -0.3 is 9.84 Å². The third-order valence-electron chi connectivity index (χ3n) is 2.85. The molecule has 3 nitrogen and oxygen atoms in total. The molecule has 0 radical (unpaired) electrons. The van der Waals surface area contributed by atoms with Crippen LogP contribution in [0, 0.1) is 6.92 Å². The molecular weight excluding hydrogens is 276 g/mol. The number of hydrogen-bond acceptors (Lipinski definition) is 2. The number of aliphatic carboxylic acids is 1. The molecule has 2 rings (SSSR count). The monoisotopic (exact) mass is 290 g/mol. The Morgan fingerprint density at radius 3 is 2.65 bits per heavy atom. The van der Waals surface area contributed by atoms with Crippen LogP contribution in [0.4, 0.5) is 0 Å². The lowest BCUT2D eigenvalue weighted by Gasteiger charge is -2.15. The second-order valence-corrected chi connectivity index (χ2v) is 5.03. The van der Waals surface area contributed by atoms with Gasteiger partial charge in [-0.2, -0.15) is 0 Å². The highest BCUT2D eigenvalue weighted by Crippen LogP contribution is 2.20. The summed E-state index contributed by atoms with van der Waals surface area (Å²) in [6, 6.07) is 14.5. The number of ether oxygens (including phenoxy) is 1. The van der Waals surface area contributed by atoms with E-state index in [1.54, 1.807) is 24.3 Å². The molecule has 20 heavy (non-hydrogen) atoms. The predicted molar refractivity (Wildman–Crippen MR) is 78.4 cm³/mol. The van der Waals surface area contributed by atoms with Crippen LogP contribution in [0.15, 0.2) is 48.5 Å². The molecule has 0 aromatic heterocycles. The van der Waals surface area contributed by atoms with Crippen molar-refractivity contribution in [2.24, 2.45) is 0 Å². The number of carboxylic acids is 1. The summed E-state index contributed by atoms with van der Waals surface area (Å²) in [6.45, 7) is 1.97. The van der Waals surface area contributed by atoms with Gasteiger partial charge in [-0.3, -0.25) is 0 Å². The number of halogens is 1. The van der Waals surface area contributed by atoms with Crippen molar-refractivity contribution < 1.29 is 14.6 Å². The lowest BCUT2D eigenvalue weighted by atomic mass is 10.1. The largest absolute Gasteiger partial charge is 0.478 e. The van der Waals surface area contributed by atoms with E-state index < -0.39 is 12.1 Å². The van der Waals surface area contributed by atoms with Gasteiger partial charge >= 0.3 is 5.97 Å². The number of benzene rings is 2. The topological polar surface area (TPSA) is 46.5 Å². The summed E-state index contributed by atoms with van der Waals surface area (Å²) in [5.41, 5.74) is 2.02. The first-order valence-electron chi connectivity index (χ1n) is 6.25. The zero-order valence-electron chi connectivity index (χ0n) is 11.0. The normalized spacial score (nSPS) is 11.9. The minimum absolute atomic E-state index is 0.309. The van der Waals surface area contributed by atoms with E-state index in [0.717, 1.165) is 11.1 Å². The van der Waals surface area contributed by atoms with E-state index in [-0.39, 0.29) is 0 Å². The maximum atomic E-state index is 11.3. The van der Waals surface area contributed by atoms with E-state index in [2.05, 4.69) is 0 Å². The second kappa shape index (κ2) is 6.44. The first-order valence-corrected chi connectivity index (χ1v) is 6.63. The van der Waals surface area contributed by atoms with E-state index in [4.69, 9.17) is 16.3 Å². The summed E-state index contributed by atoms with van der Waals surface area (Å²) in [5.74, 6) is -0.538. The Balaban J connectivity index is 2.13. The molecule has 0 fully saturated rings. The van der Waals surface area contributed by atoms with E-state index in [9.17, 15) is 9.90 Å². The van der Waals surface area contributed by atoms with Crippen LogP contribution in [0.2, 0.25) is 5.02 Å². The molecule has 1 atom stereocenters. The number of rotatable bonds is 5. The van der Waals surface area contributed by atoms with Gasteiger partial charge in [0, 0.05) is 11.4 Å². The average Bonchev–Trinajstić information content (AvgIpc) is 2.38. The van der Waals surface area contributed by atoms with E-state index in [1.165, 1.54) is 0 Å². The third-order valence-corrected chi connectivity index (χ3v) is 3.09. The summed E-state index contributed by atoms with van der Waals surface area (Å²) in [5, 5.41) is 9.79. The quantitative estimate of drug-likeness (QED) is 0.913. The standard InChI is InChI=1S/C16H15ClO3/c1-11-4-2-5-12(8-11)9-15(16(18)19)20-14-7-3-6-13(17)10-14/h2-8,10,15H,9H2,1H3,(H,18,19)/t15-/m0/s1. The molecule has 0 bridgehead atoms. The van der Waals surface area contributed by atoms with Gasteiger partial charge in [0.1, 0.15) is 5.75 Å². The SMILES string of the molecule is Cc1cccc(C[C@H](Oc2cccc(Cl)c2)C(=O)O)c1. The molecule has 0 saturated carbocycles. The van der Waals surface area contributed by atoms with Crippen LogP contribution in [-0.4, -0.2) is 17.2 Å². The molecule has 1 N–H and O–H groups in total. The summed E-state index contributed by atoms with van der Waals surface area (Å²) in [6.07, 6.45) is -0.626. The molecule has 2 aromatic carbocycles. The van der Waals surface area contributed by atoms with Crippen molar-refractivity contribution in [3.8, 4) is 5.75 Å². The molecule has 0 spiro atoms. The Labute approximate surface area is 122 Å². The highest BCUT2D eigenvalue weighted by atomic mass is 35.5. The minimum atomic E-state index is -0.994. The van der Waals surface area contributed by atoms with Gasteiger partial charge in [-0.25, -0.2) is 4.79 Å². The van der Waals surface area contributed by atoms with Crippen molar-refractivity contribution in [2.45, 2.75) is 19.4 Å². The summed E-state index contributed by atoms with van der Waals surface area (Å²) < 4.78 is 5.52. The fraction of sp³-hybridized carbons (Fsp3) is 0.188. The molecule has 0 unspecified atom stereocenters. The zero-order chi connectivity index (χ0) is 14.5. The number of carbonyl (C=O) groups is 1. The number of aryl methyl sites for hydroxylation is 1. The lowest BCUT2D eigenvalue weighted by molar-refractivity contribution is -0.145. The van der Waals surface area contributed by atoms with Crippen molar-refractivity contribution in [2.75, 3.05) is 0 Å². The van der Waals surface area contributed by atoms with Gasteiger partial charge in [0.25, 0.3) is 0 Å². The first kappa shape index (κ1) is 14.4. The van der Waals surface area contributed by atoms with Crippen LogP contribution in [0.25, 0.3) is 0 Å². The van der Waals surface area contributed by atoms with Crippen LogP contribution in [0.1, 0.15) is 11.1 Å². The van der Waals surface area contributed by atoms with Crippen LogP contribution < -0.4 is 4.74 Å². The smallest absolute Gasteiger partial charge is 0.345 e. The van der Waals surface area contributed by atoms with Crippen molar-refractivity contribution >= 4 is 17.6 Å². The number of hydrogen-bond donors (Lipinski definition) is 1. The fourth-order valence-electron chi connectivity index (χ4n) is 1.94. The molecule has 2 aromatic rings. The van der Waals surface area contributed by atoms with Crippen LogP contribution >= 0.6 is 11.6 Å². The Morgan fingerprint density at radius 1 is 1.25 bits per heavy atom. The van der Waals surface area contributed by atoms with Gasteiger partial charge in [-0.1, -0.05) is 47.5 Å². The average molecular weight is 291 g/mol. The minimum Gasteiger partial charge on any atom is -0.478 e. The molecule has 0 saturated heterocycles. The van der Waals surface area contributed by atoms with Gasteiger partial charge in [-0.05, 0) is 30.7 Å². The van der Waals surface area contributed by atoms with Crippen molar-refractivity contribution in [3.63, 3.8) is 0 Å². The summed E-state index contributed by atoms with van der Waals surface area (Å²) in [4.78, 5) is 11.3. The Bertz CT molecular complexity index is 563. The van der Waals surface area contributed by atoms with Crippen LogP contribution in [-0.2, 0) is 11.2 Å². The van der Waals surface area contributed by atoms with Crippen molar-refractivity contribution in [3.05, 3.63) is 64.7 Å². The molecule has 0 heterocycles. The maximum absolute atomic E-state index is 11.3. The Morgan fingerprint density at radius 2 is 2.00 bits per heavy atom. The van der Waals surface area contributed by atoms with Gasteiger partial charge in [0.15, 0.2) is 6.10 Å². The molecule has 0 aliphatic rings. The van der Waals surface area contributed by atoms with Crippen LogP contribution in [0.3, 0.4) is 0 Å². The predicted octanol–water partition coefficient (Wildman–Crippen LogP) is 3.72. The van der Waals surface area contributed by atoms with Gasteiger partial charge in [-0.15, -0.1) is 0 Å². The maximum Gasteiger partial charge on any atom is 0.345 e.